The maximum Gasteiger partial charge on any atom is 0.276 e. The lowest BCUT2D eigenvalue weighted by Gasteiger charge is -2.09. The number of nitrogens with one attached hydrogen (secondary N) is 1. The van der Waals surface area contributed by atoms with Crippen molar-refractivity contribution in [3.8, 4) is 5.75 Å². The predicted molar refractivity (Wildman–Crippen MR) is 83.4 cm³/mol. The van der Waals surface area contributed by atoms with Gasteiger partial charge in [-0.2, -0.15) is 5.10 Å². The molecule has 146 valence electrons. The van der Waals surface area contributed by atoms with E-state index in [-0.39, 0.29) is 12.4 Å². The molecule has 0 unspecified atom stereocenters. The van der Waals surface area contributed by atoms with Crippen molar-refractivity contribution in [3.05, 3.63) is 77.1 Å². The molecule has 11 heteroatoms. The Morgan fingerprint density at radius 3 is 2.07 bits per heavy atom. The smallest absolute Gasteiger partial charge is 0.276 e. The fraction of sp³-hybridized carbons (Fsp3) is 0.0588. The molecule has 3 rings (SSSR count). The van der Waals surface area contributed by atoms with Gasteiger partial charge in [0.15, 0.2) is 35.7 Å². The molecule has 0 bridgehead atoms. The summed E-state index contributed by atoms with van der Waals surface area (Å²) in [6.45, 7) is -0.193. The molecule has 1 amide bonds. The van der Waals surface area contributed by atoms with Crippen LogP contribution in [0.15, 0.2) is 36.5 Å². The second-order valence-electron chi connectivity index (χ2n) is 5.37. The SMILES string of the molecule is O=C(Nc1c(F)c(F)c(F)c(F)c1F)c1ccn(COc2ccc(F)cc2)n1. The third kappa shape index (κ3) is 3.77. The molecule has 0 saturated heterocycles. The summed E-state index contributed by atoms with van der Waals surface area (Å²) in [5.41, 5.74) is -1.86. The molecule has 0 radical (unpaired) electrons. The molecule has 0 aliphatic carbocycles. The van der Waals surface area contributed by atoms with Crippen LogP contribution in [0.4, 0.5) is 32.0 Å². The number of hydrogen-bond donors (Lipinski definition) is 1. The molecular weight excluding hydrogens is 392 g/mol. The summed E-state index contributed by atoms with van der Waals surface area (Å²) in [6.07, 6.45) is 1.27. The van der Waals surface area contributed by atoms with E-state index in [2.05, 4.69) is 5.10 Å². The normalized spacial score (nSPS) is 10.8. The van der Waals surface area contributed by atoms with Gasteiger partial charge in [-0.15, -0.1) is 0 Å². The Morgan fingerprint density at radius 2 is 1.46 bits per heavy atom. The highest BCUT2D eigenvalue weighted by atomic mass is 19.2. The number of halogens is 6. The molecule has 0 atom stereocenters. The van der Waals surface area contributed by atoms with E-state index >= 15 is 0 Å². The minimum absolute atomic E-state index is 0.193. The minimum atomic E-state index is -2.34. The van der Waals surface area contributed by atoms with Crippen LogP contribution in [0.25, 0.3) is 0 Å². The van der Waals surface area contributed by atoms with E-state index in [1.54, 1.807) is 5.32 Å². The zero-order valence-electron chi connectivity index (χ0n) is 13.6. The summed E-state index contributed by atoms with van der Waals surface area (Å²) in [6, 6.07) is 6.18. The Balaban J connectivity index is 1.72. The zero-order valence-corrected chi connectivity index (χ0v) is 13.6. The number of rotatable bonds is 5. The number of ether oxygens (including phenoxy) is 1. The summed E-state index contributed by atoms with van der Waals surface area (Å²) in [4.78, 5) is 12.0. The predicted octanol–water partition coefficient (Wildman–Crippen LogP) is 4.01. The van der Waals surface area contributed by atoms with Crippen molar-refractivity contribution in [2.75, 3.05) is 5.32 Å². The molecule has 0 aliphatic heterocycles. The lowest BCUT2D eigenvalue weighted by atomic mass is 10.2. The molecule has 0 fully saturated rings. The van der Waals surface area contributed by atoms with Gasteiger partial charge in [0, 0.05) is 6.20 Å². The van der Waals surface area contributed by atoms with Crippen LogP contribution in [-0.4, -0.2) is 15.7 Å². The first-order valence-corrected chi connectivity index (χ1v) is 7.52. The fourth-order valence-electron chi connectivity index (χ4n) is 2.12. The van der Waals surface area contributed by atoms with Gasteiger partial charge < -0.3 is 10.1 Å². The van der Waals surface area contributed by atoms with E-state index in [1.807, 2.05) is 0 Å². The van der Waals surface area contributed by atoms with Crippen molar-refractivity contribution in [2.45, 2.75) is 6.73 Å². The van der Waals surface area contributed by atoms with Crippen LogP contribution in [0.5, 0.6) is 5.75 Å². The summed E-state index contributed by atoms with van der Waals surface area (Å²) in [5.74, 6) is -12.4. The Bertz CT molecular complexity index is 1010. The molecule has 1 N–H and O–H groups in total. The van der Waals surface area contributed by atoms with Crippen LogP contribution in [0.2, 0.25) is 0 Å². The summed E-state index contributed by atoms with van der Waals surface area (Å²) < 4.78 is 85.8. The molecule has 0 saturated carbocycles. The number of benzene rings is 2. The lowest BCUT2D eigenvalue weighted by Crippen LogP contribution is -2.18. The maximum absolute atomic E-state index is 13.6. The Morgan fingerprint density at radius 1 is 0.893 bits per heavy atom. The number of nitrogens with zero attached hydrogens (tertiary/aromatic N) is 2. The molecule has 0 aliphatic rings. The average molecular weight is 401 g/mol. The lowest BCUT2D eigenvalue weighted by molar-refractivity contribution is 0.101. The number of carbonyl (C=O) groups excluding carboxylic acids is 1. The molecule has 5 nitrogen and oxygen atoms in total. The van der Waals surface area contributed by atoms with Crippen LogP contribution in [0, 0.1) is 34.9 Å². The van der Waals surface area contributed by atoms with E-state index in [0.717, 1.165) is 10.7 Å². The van der Waals surface area contributed by atoms with Gasteiger partial charge in [0.1, 0.15) is 17.3 Å². The highest BCUT2D eigenvalue weighted by Gasteiger charge is 2.27. The molecule has 2 aromatic carbocycles. The first-order chi connectivity index (χ1) is 13.3. The van der Waals surface area contributed by atoms with E-state index in [9.17, 15) is 31.1 Å². The number of hydrogen-bond acceptors (Lipinski definition) is 3. The van der Waals surface area contributed by atoms with Crippen LogP contribution in [0.3, 0.4) is 0 Å². The van der Waals surface area contributed by atoms with Gasteiger partial charge in [-0.1, -0.05) is 0 Å². The van der Waals surface area contributed by atoms with E-state index < -0.39 is 46.5 Å². The Labute approximate surface area is 153 Å². The topological polar surface area (TPSA) is 56.2 Å². The van der Waals surface area contributed by atoms with E-state index in [4.69, 9.17) is 4.74 Å². The van der Waals surface area contributed by atoms with Crippen molar-refractivity contribution in [1.29, 1.82) is 0 Å². The highest BCUT2D eigenvalue weighted by molar-refractivity contribution is 6.02. The number of amides is 1. The highest BCUT2D eigenvalue weighted by Crippen LogP contribution is 2.27. The molecule has 28 heavy (non-hydrogen) atoms. The zero-order chi connectivity index (χ0) is 20.4. The van der Waals surface area contributed by atoms with Gasteiger partial charge in [-0.05, 0) is 30.3 Å². The first-order valence-electron chi connectivity index (χ1n) is 7.52. The van der Waals surface area contributed by atoms with E-state index in [1.165, 1.54) is 30.5 Å². The number of carbonyl (C=O) groups is 1. The minimum Gasteiger partial charge on any atom is -0.471 e. The summed E-state index contributed by atoms with van der Waals surface area (Å²) >= 11 is 0. The van der Waals surface area contributed by atoms with Crippen molar-refractivity contribution in [3.63, 3.8) is 0 Å². The van der Waals surface area contributed by atoms with Crippen molar-refractivity contribution < 1.29 is 35.9 Å². The van der Waals surface area contributed by atoms with Crippen LogP contribution in [-0.2, 0) is 6.73 Å². The Hall–Kier alpha value is -3.50. The molecule has 0 spiro atoms. The summed E-state index contributed by atoms with van der Waals surface area (Å²) in [7, 11) is 0. The first kappa shape index (κ1) is 19.3. The molecule has 1 heterocycles. The third-order valence-corrected chi connectivity index (χ3v) is 3.50. The quantitative estimate of drug-likeness (QED) is 0.399. The standard InChI is InChI=1S/C17H9F6N3O2/c18-8-1-3-9(4-2-8)28-7-26-6-5-10(25-26)17(27)24-16-14(22)12(20)11(19)13(21)15(16)23/h1-6H,7H2,(H,24,27). The molecule has 3 aromatic rings. The monoisotopic (exact) mass is 401 g/mol. The largest absolute Gasteiger partial charge is 0.471 e. The van der Waals surface area contributed by atoms with Gasteiger partial charge in [0.2, 0.25) is 5.82 Å². The number of aromatic nitrogens is 2. The van der Waals surface area contributed by atoms with Crippen molar-refractivity contribution >= 4 is 11.6 Å². The van der Waals surface area contributed by atoms with Crippen LogP contribution in [0.1, 0.15) is 10.5 Å². The van der Waals surface area contributed by atoms with Gasteiger partial charge in [-0.25, -0.2) is 31.0 Å². The maximum atomic E-state index is 13.6. The van der Waals surface area contributed by atoms with Crippen LogP contribution < -0.4 is 10.1 Å². The van der Waals surface area contributed by atoms with Gasteiger partial charge in [-0.3, -0.25) is 4.79 Å². The third-order valence-electron chi connectivity index (χ3n) is 3.50. The van der Waals surface area contributed by atoms with Gasteiger partial charge in [0.25, 0.3) is 5.91 Å². The van der Waals surface area contributed by atoms with Gasteiger partial charge >= 0.3 is 0 Å². The van der Waals surface area contributed by atoms with Crippen molar-refractivity contribution in [2.24, 2.45) is 0 Å². The second-order valence-corrected chi connectivity index (χ2v) is 5.37. The van der Waals surface area contributed by atoms with Crippen molar-refractivity contribution in [1.82, 2.24) is 9.78 Å². The Kier molecular flexibility index (Phi) is 5.25. The molecule has 1 aromatic heterocycles. The van der Waals surface area contributed by atoms with Crippen LogP contribution >= 0.6 is 0 Å². The fourth-order valence-corrected chi connectivity index (χ4v) is 2.12. The number of anilines is 1. The average Bonchev–Trinajstić information content (AvgIpc) is 3.17. The summed E-state index contributed by atoms with van der Waals surface area (Å²) in [5, 5.41) is 5.36. The second kappa shape index (κ2) is 7.62. The molecular formula is C17H9F6N3O2. The van der Waals surface area contributed by atoms with Gasteiger partial charge in [0.05, 0.1) is 0 Å². The van der Waals surface area contributed by atoms with E-state index in [0.29, 0.717) is 5.75 Å².